The van der Waals surface area contributed by atoms with E-state index in [1.54, 1.807) is 6.07 Å². The summed E-state index contributed by atoms with van der Waals surface area (Å²) in [5.41, 5.74) is -0.619. The van der Waals surface area contributed by atoms with Crippen LogP contribution in [0, 0.1) is 28.4 Å². The monoisotopic (exact) mass is 228 g/mol. The Balaban J connectivity index is 3.39. The largest absolute Gasteiger partial charge is 0.427 e. The Morgan fingerprint density at radius 1 is 1.56 bits per heavy atom. The van der Waals surface area contributed by atoms with E-state index in [4.69, 9.17) is 5.26 Å². The van der Waals surface area contributed by atoms with E-state index in [0.29, 0.717) is 5.56 Å². The predicted molar refractivity (Wildman–Crippen MR) is 49.2 cm³/mol. The highest BCUT2D eigenvalue weighted by Crippen LogP contribution is 2.32. The second-order valence-electron chi connectivity index (χ2n) is 2.91. The van der Waals surface area contributed by atoms with Crippen LogP contribution in [-0.4, -0.2) is 11.5 Å². The first-order chi connectivity index (χ1) is 7.45. The molecule has 5 nitrogen and oxygen atoms in total. The lowest BCUT2D eigenvalue weighted by Gasteiger charge is -2.06. The highest BCUT2D eigenvalue weighted by atomic mass is 19.3. The number of nitriles is 1. The Hall–Kier alpha value is -2.23. The second kappa shape index (κ2) is 4.53. The molecule has 1 aromatic carbocycles. The number of hydrogen-bond donors (Lipinski definition) is 0. The van der Waals surface area contributed by atoms with Gasteiger partial charge in [-0.1, -0.05) is 0 Å². The smallest absolute Gasteiger partial charge is 0.387 e. The van der Waals surface area contributed by atoms with Crippen LogP contribution in [0.2, 0.25) is 0 Å². The lowest BCUT2D eigenvalue weighted by atomic mass is 10.1. The fourth-order valence-corrected chi connectivity index (χ4v) is 1.20. The van der Waals surface area contributed by atoms with Gasteiger partial charge in [0.2, 0.25) is 5.75 Å². The minimum absolute atomic E-state index is 0.305. The summed E-state index contributed by atoms with van der Waals surface area (Å²) >= 11 is 0. The number of benzene rings is 1. The molecule has 0 fully saturated rings. The fourth-order valence-electron chi connectivity index (χ4n) is 1.20. The van der Waals surface area contributed by atoms with Crippen molar-refractivity contribution in [2.75, 3.05) is 0 Å². The molecule has 0 unspecified atom stereocenters. The zero-order chi connectivity index (χ0) is 12.3. The third kappa shape index (κ3) is 2.42. The van der Waals surface area contributed by atoms with E-state index in [0.717, 1.165) is 6.07 Å². The first-order valence-electron chi connectivity index (χ1n) is 4.09. The summed E-state index contributed by atoms with van der Waals surface area (Å²) < 4.78 is 28.0. The van der Waals surface area contributed by atoms with Gasteiger partial charge in [0.05, 0.1) is 4.92 Å². The normalized spacial score (nSPS) is 9.94. The number of rotatable bonds is 3. The third-order valence-corrected chi connectivity index (χ3v) is 1.74. The maximum atomic E-state index is 12.0. The SMILES string of the molecule is Cc1cc(C#N)c([N+](=O)[O-])c(OC(F)F)c1. The molecule has 1 aromatic rings. The van der Waals surface area contributed by atoms with Crippen molar-refractivity contribution < 1.29 is 18.4 Å². The molecule has 0 N–H and O–H groups in total. The highest BCUT2D eigenvalue weighted by molar-refractivity contribution is 5.59. The van der Waals surface area contributed by atoms with E-state index in [-0.39, 0.29) is 5.56 Å². The molecule has 0 saturated carbocycles. The molecular formula is C9H6F2N2O3. The van der Waals surface area contributed by atoms with Crippen LogP contribution in [0.3, 0.4) is 0 Å². The van der Waals surface area contributed by atoms with Crippen LogP contribution < -0.4 is 4.74 Å². The van der Waals surface area contributed by atoms with Gasteiger partial charge in [0.15, 0.2) is 0 Å². The summed E-state index contributed by atoms with van der Waals surface area (Å²) in [6, 6.07) is 3.89. The standard InChI is InChI=1S/C9H6F2N2O3/c1-5-2-6(4-12)8(13(14)15)7(3-5)16-9(10)11/h2-3,9H,1H3. The summed E-state index contributed by atoms with van der Waals surface area (Å²) in [6.07, 6.45) is 0. The number of hydrogen-bond acceptors (Lipinski definition) is 4. The van der Waals surface area contributed by atoms with Crippen LogP contribution in [0.1, 0.15) is 11.1 Å². The summed E-state index contributed by atoms with van der Waals surface area (Å²) in [6.45, 7) is -1.66. The van der Waals surface area contributed by atoms with Gasteiger partial charge in [0.1, 0.15) is 11.6 Å². The lowest BCUT2D eigenvalue weighted by Crippen LogP contribution is -2.06. The molecule has 0 heterocycles. The average molecular weight is 228 g/mol. The molecule has 0 aliphatic rings. The zero-order valence-electron chi connectivity index (χ0n) is 8.11. The van der Waals surface area contributed by atoms with E-state index < -0.39 is 23.0 Å². The molecule has 0 aliphatic heterocycles. The Kier molecular flexibility index (Phi) is 3.35. The van der Waals surface area contributed by atoms with Crippen LogP contribution >= 0.6 is 0 Å². The number of aryl methyl sites for hydroxylation is 1. The molecule has 1 rings (SSSR count). The number of halogens is 2. The summed E-state index contributed by atoms with van der Waals surface area (Å²) in [7, 11) is 0. The maximum absolute atomic E-state index is 12.0. The van der Waals surface area contributed by atoms with Gasteiger partial charge in [-0.05, 0) is 24.6 Å². The summed E-state index contributed by atoms with van der Waals surface area (Å²) in [4.78, 5) is 9.70. The van der Waals surface area contributed by atoms with E-state index >= 15 is 0 Å². The Bertz CT molecular complexity index is 469. The first-order valence-corrected chi connectivity index (χ1v) is 4.09. The Morgan fingerprint density at radius 2 is 2.19 bits per heavy atom. The van der Waals surface area contributed by atoms with Crippen molar-refractivity contribution in [1.82, 2.24) is 0 Å². The van der Waals surface area contributed by atoms with Crippen molar-refractivity contribution in [2.24, 2.45) is 0 Å². The van der Waals surface area contributed by atoms with Gasteiger partial charge in [0, 0.05) is 0 Å². The van der Waals surface area contributed by atoms with Crippen molar-refractivity contribution >= 4 is 5.69 Å². The minimum atomic E-state index is -3.17. The molecule has 0 bridgehead atoms. The number of nitro groups is 1. The van der Waals surface area contributed by atoms with Gasteiger partial charge in [-0.3, -0.25) is 10.1 Å². The van der Waals surface area contributed by atoms with Gasteiger partial charge < -0.3 is 4.74 Å². The number of nitro benzene ring substituents is 1. The topological polar surface area (TPSA) is 76.2 Å². The molecule has 0 amide bonds. The van der Waals surface area contributed by atoms with Gasteiger partial charge in [-0.25, -0.2) is 0 Å². The second-order valence-corrected chi connectivity index (χ2v) is 2.91. The summed E-state index contributed by atoms with van der Waals surface area (Å²) in [5, 5.41) is 19.3. The van der Waals surface area contributed by atoms with Crippen molar-refractivity contribution in [3.8, 4) is 11.8 Å². The molecular weight excluding hydrogens is 222 g/mol. The Labute approximate surface area is 89.0 Å². The lowest BCUT2D eigenvalue weighted by molar-refractivity contribution is -0.386. The van der Waals surface area contributed by atoms with Gasteiger partial charge in [-0.15, -0.1) is 0 Å². The van der Waals surface area contributed by atoms with E-state index in [2.05, 4.69) is 4.74 Å². The average Bonchev–Trinajstić information content (AvgIpc) is 2.14. The van der Waals surface area contributed by atoms with Crippen LogP contribution in [0.15, 0.2) is 12.1 Å². The van der Waals surface area contributed by atoms with Gasteiger partial charge in [-0.2, -0.15) is 14.0 Å². The first kappa shape index (κ1) is 11.8. The quantitative estimate of drug-likeness (QED) is 0.587. The van der Waals surface area contributed by atoms with Gasteiger partial charge in [0.25, 0.3) is 0 Å². The molecule has 0 spiro atoms. The van der Waals surface area contributed by atoms with Crippen molar-refractivity contribution in [1.29, 1.82) is 5.26 Å². The molecule has 0 radical (unpaired) electrons. The number of alkyl halides is 2. The van der Waals surface area contributed by atoms with E-state index in [1.165, 1.54) is 13.0 Å². The third-order valence-electron chi connectivity index (χ3n) is 1.74. The molecule has 0 aliphatic carbocycles. The predicted octanol–water partition coefficient (Wildman–Crippen LogP) is 2.38. The maximum Gasteiger partial charge on any atom is 0.387 e. The van der Waals surface area contributed by atoms with E-state index in [1.807, 2.05) is 0 Å². The van der Waals surface area contributed by atoms with Crippen LogP contribution in [0.5, 0.6) is 5.75 Å². The van der Waals surface area contributed by atoms with Crippen molar-refractivity contribution in [2.45, 2.75) is 13.5 Å². The minimum Gasteiger partial charge on any atom is -0.427 e. The molecule has 84 valence electrons. The van der Waals surface area contributed by atoms with E-state index in [9.17, 15) is 18.9 Å². The molecule has 0 aromatic heterocycles. The Morgan fingerprint density at radius 3 is 2.62 bits per heavy atom. The van der Waals surface area contributed by atoms with Crippen molar-refractivity contribution in [3.63, 3.8) is 0 Å². The number of nitrogens with zero attached hydrogens (tertiary/aromatic N) is 2. The van der Waals surface area contributed by atoms with Gasteiger partial charge >= 0.3 is 12.3 Å². The van der Waals surface area contributed by atoms with Crippen molar-refractivity contribution in [3.05, 3.63) is 33.4 Å². The van der Waals surface area contributed by atoms with Crippen LogP contribution in [0.25, 0.3) is 0 Å². The molecule has 0 atom stereocenters. The number of ether oxygens (including phenoxy) is 1. The zero-order valence-corrected chi connectivity index (χ0v) is 8.11. The van der Waals surface area contributed by atoms with Crippen LogP contribution in [-0.2, 0) is 0 Å². The molecule has 7 heteroatoms. The molecule has 16 heavy (non-hydrogen) atoms. The van der Waals surface area contributed by atoms with Crippen LogP contribution in [0.4, 0.5) is 14.5 Å². The molecule has 0 saturated heterocycles. The fraction of sp³-hybridized carbons (Fsp3) is 0.222. The highest BCUT2D eigenvalue weighted by Gasteiger charge is 2.24. The summed E-state index contributed by atoms with van der Waals surface area (Å²) in [5.74, 6) is -0.600.